The highest BCUT2D eigenvalue weighted by Gasteiger charge is 2.21. The van der Waals surface area contributed by atoms with Gasteiger partial charge in [0.25, 0.3) is 0 Å². The minimum absolute atomic E-state index is 0.654. The number of nitrogens with zero attached hydrogens (tertiary/aromatic N) is 4. The largest absolute Gasteiger partial charge is 0.301 e. The molecule has 0 fully saturated rings. The van der Waals surface area contributed by atoms with Gasteiger partial charge < -0.3 is 4.57 Å². The average Bonchev–Trinajstić information content (AvgIpc) is 3.82. The Labute approximate surface area is 290 Å². The van der Waals surface area contributed by atoms with Crippen LogP contribution in [-0.2, 0) is 0 Å². The van der Waals surface area contributed by atoms with Gasteiger partial charge in [-0.25, -0.2) is 15.0 Å². The monoisotopic (exact) mass is 662 g/mol. The van der Waals surface area contributed by atoms with Crippen molar-refractivity contribution in [3.63, 3.8) is 0 Å². The Morgan fingerprint density at radius 3 is 1.59 bits per heavy atom. The summed E-state index contributed by atoms with van der Waals surface area (Å²) in [5.41, 5.74) is 7.60. The van der Waals surface area contributed by atoms with Gasteiger partial charge in [0, 0.05) is 43.2 Å². The lowest BCUT2D eigenvalue weighted by Gasteiger charge is -2.10. The molecule has 49 heavy (non-hydrogen) atoms. The Morgan fingerprint density at radius 1 is 0.408 bits per heavy atom. The van der Waals surface area contributed by atoms with Gasteiger partial charge in [0.15, 0.2) is 17.5 Å². The predicted molar refractivity (Wildman–Crippen MR) is 207 cm³/mol. The Morgan fingerprint density at radius 2 is 0.939 bits per heavy atom. The van der Waals surface area contributed by atoms with Crippen LogP contribution >= 0.6 is 22.7 Å². The molecule has 0 unspecified atom stereocenters. The third-order valence-corrected chi connectivity index (χ3v) is 11.6. The highest BCUT2D eigenvalue weighted by Crippen LogP contribution is 2.49. The molecule has 10 rings (SSSR count). The van der Waals surface area contributed by atoms with E-state index in [0.717, 1.165) is 22.3 Å². The Bertz CT molecular complexity index is 2740. The van der Waals surface area contributed by atoms with Crippen LogP contribution in [0.3, 0.4) is 0 Å². The second-order valence-electron chi connectivity index (χ2n) is 12.1. The highest BCUT2D eigenvalue weighted by molar-refractivity contribution is 7.36. The number of hydrogen-bond donors (Lipinski definition) is 0. The lowest BCUT2D eigenvalue weighted by atomic mass is 10.0. The van der Waals surface area contributed by atoms with E-state index in [1.165, 1.54) is 51.9 Å². The maximum Gasteiger partial charge on any atom is 0.164 e. The molecular weight excluding hydrogens is 637 g/mol. The van der Waals surface area contributed by atoms with Crippen molar-refractivity contribution in [1.82, 2.24) is 19.5 Å². The van der Waals surface area contributed by atoms with Crippen molar-refractivity contribution < 1.29 is 0 Å². The highest BCUT2D eigenvalue weighted by atomic mass is 32.1. The molecule has 0 saturated carbocycles. The lowest BCUT2D eigenvalue weighted by molar-refractivity contribution is 1.07. The van der Waals surface area contributed by atoms with Gasteiger partial charge in [0.1, 0.15) is 4.83 Å². The molecule has 0 N–H and O–H groups in total. The van der Waals surface area contributed by atoms with Crippen molar-refractivity contribution in [2.75, 3.05) is 0 Å². The molecule has 0 aliphatic rings. The van der Waals surface area contributed by atoms with E-state index in [9.17, 15) is 0 Å². The van der Waals surface area contributed by atoms with Crippen molar-refractivity contribution in [3.8, 4) is 51.0 Å². The van der Waals surface area contributed by atoms with Crippen molar-refractivity contribution in [2.24, 2.45) is 0 Å². The Hall–Kier alpha value is -5.95. The standard InChI is InChI=1S/C43H26N4S2/c1-4-12-28(13-5-1)40-44-41(29-14-6-2-7-15-29)46-42(45-40)30-22-20-27(21-23-30)31-24-25-35-34(26-31)37-39-38(33-18-10-11-19-36(33)48-39)49-43(37)47(35)32-16-8-3-9-17-32/h1-26H. The summed E-state index contributed by atoms with van der Waals surface area (Å²) in [6.45, 7) is 0. The van der Waals surface area contributed by atoms with E-state index in [0.29, 0.717) is 17.5 Å². The first-order chi connectivity index (χ1) is 24.3. The van der Waals surface area contributed by atoms with E-state index in [1.807, 2.05) is 83.3 Å². The van der Waals surface area contributed by atoms with Crippen LogP contribution in [0.25, 0.3) is 91.6 Å². The van der Waals surface area contributed by atoms with E-state index < -0.39 is 0 Å². The summed E-state index contributed by atoms with van der Waals surface area (Å²) < 4.78 is 6.50. The minimum atomic E-state index is 0.654. The van der Waals surface area contributed by atoms with Crippen LogP contribution in [-0.4, -0.2) is 19.5 Å². The molecule has 0 bridgehead atoms. The van der Waals surface area contributed by atoms with E-state index in [4.69, 9.17) is 15.0 Å². The van der Waals surface area contributed by atoms with Crippen LogP contribution in [0.2, 0.25) is 0 Å². The van der Waals surface area contributed by atoms with Gasteiger partial charge >= 0.3 is 0 Å². The molecule has 6 aromatic carbocycles. The first kappa shape index (κ1) is 28.1. The molecule has 0 aliphatic heterocycles. The third kappa shape index (κ3) is 4.68. The van der Waals surface area contributed by atoms with Crippen LogP contribution in [0, 0.1) is 0 Å². The van der Waals surface area contributed by atoms with Crippen molar-refractivity contribution >= 4 is 63.3 Å². The first-order valence-corrected chi connectivity index (χ1v) is 17.8. The molecule has 0 radical (unpaired) electrons. The van der Waals surface area contributed by atoms with Gasteiger partial charge in [0.2, 0.25) is 0 Å². The SMILES string of the molecule is c1ccc(-c2nc(-c3ccccc3)nc(-c3ccc(-c4ccc5c(c4)c4c6sc7ccccc7c6sc4n5-c4ccccc4)cc3)n2)cc1. The first-order valence-electron chi connectivity index (χ1n) is 16.2. The zero-order valence-corrected chi connectivity index (χ0v) is 27.7. The summed E-state index contributed by atoms with van der Waals surface area (Å²) in [4.78, 5) is 16.0. The van der Waals surface area contributed by atoms with Crippen molar-refractivity contribution in [3.05, 3.63) is 158 Å². The molecule has 4 heterocycles. The number of rotatable bonds is 5. The fourth-order valence-electron chi connectivity index (χ4n) is 6.73. The predicted octanol–water partition coefficient (Wildman–Crippen LogP) is 12.1. The van der Waals surface area contributed by atoms with Crippen LogP contribution in [0.1, 0.15) is 0 Å². The van der Waals surface area contributed by atoms with Crippen molar-refractivity contribution in [2.45, 2.75) is 0 Å². The Kier molecular flexibility index (Phi) is 6.50. The topological polar surface area (TPSA) is 43.6 Å². The number of hydrogen-bond acceptors (Lipinski definition) is 5. The maximum atomic E-state index is 4.93. The summed E-state index contributed by atoms with van der Waals surface area (Å²) in [5, 5.41) is 3.95. The number of para-hydroxylation sites is 1. The summed E-state index contributed by atoms with van der Waals surface area (Å²) in [6.07, 6.45) is 0. The van der Waals surface area contributed by atoms with Crippen molar-refractivity contribution in [1.29, 1.82) is 0 Å². The minimum Gasteiger partial charge on any atom is -0.301 e. The van der Waals surface area contributed by atoms with Crippen LogP contribution in [0.15, 0.2) is 158 Å². The molecule has 0 atom stereocenters. The fourth-order valence-corrected chi connectivity index (χ4v) is 9.55. The normalized spacial score (nSPS) is 11.7. The summed E-state index contributed by atoms with van der Waals surface area (Å²) >= 11 is 3.80. The maximum absolute atomic E-state index is 4.93. The van der Waals surface area contributed by atoms with Gasteiger partial charge in [-0.15, -0.1) is 22.7 Å². The molecule has 4 aromatic heterocycles. The van der Waals surface area contributed by atoms with Crippen LogP contribution in [0.5, 0.6) is 0 Å². The molecule has 6 heteroatoms. The van der Waals surface area contributed by atoms with Crippen LogP contribution in [0.4, 0.5) is 0 Å². The van der Waals surface area contributed by atoms with E-state index >= 15 is 0 Å². The van der Waals surface area contributed by atoms with E-state index in [-0.39, 0.29) is 0 Å². The number of fused-ring (bicyclic) bond motifs is 7. The number of aromatic nitrogens is 4. The molecule has 0 spiro atoms. The molecule has 4 nitrogen and oxygen atoms in total. The fraction of sp³-hybridized carbons (Fsp3) is 0. The van der Waals surface area contributed by atoms with Gasteiger partial charge in [-0.1, -0.05) is 127 Å². The molecule has 230 valence electrons. The molecule has 10 aromatic rings. The molecule has 0 saturated heterocycles. The van der Waals surface area contributed by atoms with Gasteiger partial charge in [-0.2, -0.15) is 0 Å². The van der Waals surface area contributed by atoms with E-state index in [2.05, 4.69) is 102 Å². The molecule has 0 aliphatic carbocycles. The quantitative estimate of drug-likeness (QED) is 0.184. The third-order valence-electron chi connectivity index (χ3n) is 9.09. The lowest BCUT2D eigenvalue weighted by Crippen LogP contribution is -2.00. The average molecular weight is 663 g/mol. The number of thiophene rings is 2. The summed E-state index contributed by atoms with van der Waals surface area (Å²) in [5.74, 6) is 1.98. The zero-order valence-electron chi connectivity index (χ0n) is 26.1. The molecule has 0 amide bonds. The van der Waals surface area contributed by atoms with E-state index in [1.54, 1.807) is 0 Å². The summed E-state index contributed by atoms with van der Waals surface area (Å²) in [6, 6.07) is 55.2. The second-order valence-corrected chi connectivity index (χ2v) is 14.1. The summed E-state index contributed by atoms with van der Waals surface area (Å²) in [7, 11) is 0. The van der Waals surface area contributed by atoms with Crippen LogP contribution < -0.4 is 0 Å². The van der Waals surface area contributed by atoms with Gasteiger partial charge in [-0.05, 0) is 41.5 Å². The molecular formula is C43H26N4S2. The second kappa shape index (κ2) is 11.3. The zero-order chi connectivity index (χ0) is 32.3. The Balaban J connectivity index is 1.11. The number of benzene rings is 6. The van der Waals surface area contributed by atoms with Gasteiger partial charge in [-0.3, -0.25) is 0 Å². The van der Waals surface area contributed by atoms with Gasteiger partial charge in [0.05, 0.1) is 14.9 Å². The smallest absolute Gasteiger partial charge is 0.164 e.